The summed E-state index contributed by atoms with van der Waals surface area (Å²) in [5.41, 5.74) is 0. The third kappa shape index (κ3) is 3.30. The lowest BCUT2D eigenvalue weighted by Crippen LogP contribution is -2.25. The summed E-state index contributed by atoms with van der Waals surface area (Å²) < 4.78 is 27.4. The Kier molecular flexibility index (Phi) is 4.17. The van der Waals surface area contributed by atoms with E-state index < -0.39 is 5.79 Å². The minimum Gasteiger partial charge on any atom is -0.493 e. The highest BCUT2D eigenvalue weighted by atomic mass is 16.7. The van der Waals surface area contributed by atoms with Crippen LogP contribution in [0.2, 0.25) is 0 Å². The summed E-state index contributed by atoms with van der Waals surface area (Å²) >= 11 is 0. The molecule has 0 aliphatic carbocycles. The topological polar surface area (TPSA) is 46.2 Å². The largest absolute Gasteiger partial charge is 0.493 e. The van der Waals surface area contributed by atoms with Gasteiger partial charge < -0.3 is 23.7 Å². The van der Waals surface area contributed by atoms with Crippen molar-refractivity contribution in [3.05, 3.63) is 18.2 Å². The molecule has 0 saturated carbocycles. The lowest BCUT2D eigenvalue weighted by Gasteiger charge is -2.18. The number of hydrogen-bond donors (Lipinski definition) is 0. The van der Waals surface area contributed by atoms with Crippen molar-refractivity contribution in [2.24, 2.45) is 0 Å². The average Bonchev–Trinajstić information content (AvgIpc) is 2.75. The monoisotopic (exact) mass is 268 g/mol. The van der Waals surface area contributed by atoms with Crippen LogP contribution in [0.15, 0.2) is 18.2 Å². The average molecular weight is 268 g/mol. The lowest BCUT2D eigenvalue weighted by atomic mass is 10.3. The van der Waals surface area contributed by atoms with Crippen LogP contribution in [0.5, 0.6) is 17.2 Å². The molecule has 19 heavy (non-hydrogen) atoms. The van der Waals surface area contributed by atoms with Crippen LogP contribution in [-0.4, -0.2) is 39.3 Å². The van der Waals surface area contributed by atoms with E-state index in [0.29, 0.717) is 30.5 Å². The summed E-state index contributed by atoms with van der Waals surface area (Å²) in [4.78, 5) is 0. The van der Waals surface area contributed by atoms with E-state index in [4.69, 9.17) is 23.7 Å². The molecule has 0 spiro atoms. The quantitative estimate of drug-likeness (QED) is 0.819. The standard InChI is InChI=1S/C14H20O5/c1-14(2)18-9-10(19-14)8-17-12-7-5-6-11(15-3)13(12)16-4/h5-7,10H,8-9H2,1-4H3/t10-/m1/s1. The maximum atomic E-state index is 5.74. The molecule has 1 aliphatic rings. The normalized spacial score (nSPS) is 21.2. The van der Waals surface area contributed by atoms with Crippen molar-refractivity contribution in [1.29, 1.82) is 0 Å². The summed E-state index contributed by atoms with van der Waals surface area (Å²) in [6.45, 7) is 4.71. The molecule has 1 heterocycles. The van der Waals surface area contributed by atoms with Gasteiger partial charge in [-0.15, -0.1) is 0 Å². The zero-order chi connectivity index (χ0) is 13.9. The van der Waals surface area contributed by atoms with E-state index >= 15 is 0 Å². The van der Waals surface area contributed by atoms with Gasteiger partial charge in [-0.05, 0) is 26.0 Å². The van der Waals surface area contributed by atoms with Gasteiger partial charge in [0.1, 0.15) is 12.7 Å². The predicted octanol–water partition coefficient (Wildman–Crippen LogP) is 2.23. The lowest BCUT2D eigenvalue weighted by molar-refractivity contribution is -0.141. The molecule has 1 aromatic rings. The van der Waals surface area contributed by atoms with Crippen molar-refractivity contribution in [2.75, 3.05) is 27.4 Å². The Morgan fingerprint density at radius 2 is 1.95 bits per heavy atom. The van der Waals surface area contributed by atoms with E-state index in [9.17, 15) is 0 Å². The van der Waals surface area contributed by atoms with E-state index in [0.717, 1.165) is 0 Å². The van der Waals surface area contributed by atoms with Gasteiger partial charge in [0.05, 0.1) is 20.8 Å². The van der Waals surface area contributed by atoms with E-state index in [-0.39, 0.29) is 6.10 Å². The van der Waals surface area contributed by atoms with Crippen molar-refractivity contribution in [3.63, 3.8) is 0 Å². The number of ether oxygens (including phenoxy) is 5. The molecule has 1 atom stereocenters. The van der Waals surface area contributed by atoms with Gasteiger partial charge in [-0.2, -0.15) is 0 Å². The molecular formula is C14H20O5. The Morgan fingerprint density at radius 3 is 2.53 bits per heavy atom. The zero-order valence-electron chi connectivity index (χ0n) is 11.8. The van der Waals surface area contributed by atoms with Crippen LogP contribution in [0.1, 0.15) is 13.8 Å². The number of benzene rings is 1. The van der Waals surface area contributed by atoms with E-state index in [1.54, 1.807) is 14.2 Å². The molecule has 106 valence electrons. The SMILES string of the molecule is COc1cccc(OC[C@@H]2COC(C)(C)O2)c1OC. The zero-order valence-corrected chi connectivity index (χ0v) is 11.8. The van der Waals surface area contributed by atoms with Crippen LogP contribution in [0.25, 0.3) is 0 Å². The van der Waals surface area contributed by atoms with Gasteiger partial charge in [0, 0.05) is 0 Å². The van der Waals surface area contributed by atoms with Crippen LogP contribution in [0.3, 0.4) is 0 Å². The highest BCUT2D eigenvalue weighted by Crippen LogP contribution is 2.37. The van der Waals surface area contributed by atoms with Gasteiger partial charge in [-0.1, -0.05) is 6.07 Å². The minimum absolute atomic E-state index is 0.0779. The molecule has 0 radical (unpaired) electrons. The van der Waals surface area contributed by atoms with Crippen LogP contribution >= 0.6 is 0 Å². The Labute approximate surface area is 113 Å². The van der Waals surface area contributed by atoms with E-state index in [1.807, 2.05) is 32.0 Å². The fraction of sp³-hybridized carbons (Fsp3) is 0.571. The number of rotatable bonds is 5. The third-order valence-corrected chi connectivity index (χ3v) is 2.86. The molecule has 5 nitrogen and oxygen atoms in total. The highest BCUT2D eigenvalue weighted by molar-refractivity contribution is 5.51. The first-order valence-electron chi connectivity index (χ1n) is 6.21. The first-order valence-corrected chi connectivity index (χ1v) is 6.21. The molecule has 0 aromatic heterocycles. The van der Waals surface area contributed by atoms with E-state index in [2.05, 4.69) is 0 Å². The maximum Gasteiger partial charge on any atom is 0.203 e. The van der Waals surface area contributed by atoms with Gasteiger partial charge in [-0.3, -0.25) is 0 Å². The van der Waals surface area contributed by atoms with Gasteiger partial charge in [0.15, 0.2) is 17.3 Å². The number of methoxy groups -OCH3 is 2. The van der Waals surface area contributed by atoms with Gasteiger partial charge in [0.2, 0.25) is 5.75 Å². The van der Waals surface area contributed by atoms with Crippen LogP contribution in [-0.2, 0) is 9.47 Å². The van der Waals surface area contributed by atoms with Gasteiger partial charge in [0.25, 0.3) is 0 Å². The summed E-state index contributed by atoms with van der Waals surface area (Å²) in [6, 6.07) is 5.51. The summed E-state index contributed by atoms with van der Waals surface area (Å²) in [6.07, 6.45) is -0.0779. The Hall–Kier alpha value is -1.46. The third-order valence-electron chi connectivity index (χ3n) is 2.86. The van der Waals surface area contributed by atoms with Crippen LogP contribution < -0.4 is 14.2 Å². The molecule has 1 saturated heterocycles. The Morgan fingerprint density at radius 1 is 1.21 bits per heavy atom. The molecule has 0 amide bonds. The van der Waals surface area contributed by atoms with Crippen molar-refractivity contribution in [1.82, 2.24) is 0 Å². The molecule has 1 fully saturated rings. The molecule has 2 rings (SSSR count). The van der Waals surface area contributed by atoms with E-state index in [1.165, 1.54) is 0 Å². The summed E-state index contributed by atoms with van der Waals surface area (Å²) in [5.74, 6) is 1.33. The van der Waals surface area contributed by atoms with Crippen LogP contribution in [0, 0.1) is 0 Å². The molecule has 0 unspecified atom stereocenters. The smallest absolute Gasteiger partial charge is 0.203 e. The second-order valence-corrected chi connectivity index (χ2v) is 4.75. The first kappa shape index (κ1) is 14.0. The highest BCUT2D eigenvalue weighted by Gasteiger charge is 2.33. The second-order valence-electron chi connectivity index (χ2n) is 4.75. The summed E-state index contributed by atoms with van der Waals surface area (Å²) in [5, 5.41) is 0. The van der Waals surface area contributed by atoms with Gasteiger partial charge >= 0.3 is 0 Å². The van der Waals surface area contributed by atoms with Crippen LogP contribution in [0.4, 0.5) is 0 Å². The fourth-order valence-electron chi connectivity index (χ4n) is 2.00. The predicted molar refractivity (Wildman–Crippen MR) is 69.9 cm³/mol. The molecule has 1 aromatic carbocycles. The van der Waals surface area contributed by atoms with Crippen molar-refractivity contribution < 1.29 is 23.7 Å². The summed E-state index contributed by atoms with van der Waals surface area (Å²) in [7, 11) is 3.18. The molecule has 5 heteroatoms. The fourth-order valence-corrected chi connectivity index (χ4v) is 2.00. The Bertz CT molecular complexity index is 430. The number of hydrogen-bond acceptors (Lipinski definition) is 5. The second kappa shape index (κ2) is 5.67. The first-order chi connectivity index (χ1) is 9.05. The van der Waals surface area contributed by atoms with Crippen molar-refractivity contribution >= 4 is 0 Å². The molecule has 0 N–H and O–H groups in total. The molecule has 0 bridgehead atoms. The van der Waals surface area contributed by atoms with Gasteiger partial charge in [-0.25, -0.2) is 0 Å². The Balaban J connectivity index is 2.00. The molecule has 1 aliphatic heterocycles. The maximum absolute atomic E-state index is 5.74. The minimum atomic E-state index is -0.535. The number of para-hydroxylation sites is 1. The molecular weight excluding hydrogens is 248 g/mol. The van der Waals surface area contributed by atoms with Crippen molar-refractivity contribution in [3.8, 4) is 17.2 Å². The van der Waals surface area contributed by atoms with Crippen molar-refractivity contribution in [2.45, 2.75) is 25.7 Å².